The highest BCUT2D eigenvalue weighted by Gasteiger charge is 2.32. The Balaban J connectivity index is 2.42. The van der Waals surface area contributed by atoms with E-state index in [4.69, 9.17) is 4.74 Å². The van der Waals surface area contributed by atoms with E-state index in [1.165, 1.54) is 21.0 Å². The summed E-state index contributed by atoms with van der Waals surface area (Å²) in [6.45, 7) is 3.03. The number of pyridine rings is 1. The standard InChI is InChI=1S/C12H14F2N2OS/c1-12(2,11(13)14)18-9-7-16-5-4-15-10(16)6-8(9)17-3/h4-7,11H,1-3H3. The number of hydrogen-bond acceptors (Lipinski definition) is 3. The number of ether oxygens (including phenoxy) is 1. The molecule has 2 aromatic rings. The van der Waals surface area contributed by atoms with Crippen LogP contribution in [-0.4, -0.2) is 27.7 Å². The summed E-state index contributed by atoms with van der Waals surface area (Å²) in [6, 6.07) is 1.74. The van der Waals surface area contributed by atoms with Gasteiger partial charge in [-0.2, -0.15) is 0 Å². The second-order valence-electron chi connectivity index (χ2n) is 4.40. The predicted octanol–water partition coefficient (Wildman–Crippen LogP) is 3.48. The molecule has 0 bridgehead atoms. The zero-order chi connectivity index (χ0) is 13.3. The third kappa shape index (κ3) is 2.43. The Morgan fingerprint density at radius 2 is 2.17 bits per heavy atom. The van der Waals surface area contributed by atoms with Crippen LogP contribution in [0, 0.1) is 0 Å². The van der Waals surface area contributed by atoms with Crippen molar-refractivity contribution in [3.8, 4) is 5.75 Å². The maximum absolute atomic E-state index is 12.9. The molecule has 0 fully saturated rings. The van der Waals surface area contributed by atoms with Crippen LogP contribution in [0.2, 0.25) is 0 Å². The van der Waals surface area contributed by atoms with Gasteiger partial charge in [0.2, 0.25) is 0 Å². The van der Waals surface area contributed by atoms with Crippen molar-refractivity contribution in [1.29, 1.82) is 0 Å². The highest BCUT2D eigenvalue weighted by atomic mass is 32.2. The Kier molecular flexibility index (Phi) is 3.47. The van der Waals surface area contributed by atoms with Crippen molar-refractivity contribution < 1.29 is 13.5 Å². The van der Waals surface area contributed by atoms with E-state index in [1.54, 1.807) is 29.1 Å². The number of fused-ring (bicyclic) bond motifs is 1. The average molecular weight is 272 g/mol. The number of alkyl halides is 2. The summed E-state index contributed by atoms with van der Waals surface area (Å²) in [5.74, 6) is 0.562. The molecule has 6 heteroatoms. The van der Waals surface area contributed by atoms with E-state index in [0.717, 1.165) is 17.4 Å². The van der Waals surface area contributed by atoms with Crippen molar-refractivity contribution in [3.63, 3.8) is 0 Å². The van der Waals surface area contributed by atoms with Crippen molar-refractivity contribution in [2.45, 2.75) is 29.9 Å². The van der Waals surface area contributed by atoms with Gasteiger partial charge in [-0.1, -0.05) is 0 Å². The van der Waals surface area contributed by atoms with Crippen LogP contribution in [0.4, 0.5) is 8.78 Å². The van der Waals surface area contributed by atoms with E-state index in [2.05, 4.69) is 4.98 Å². The van der Waals surface area contributed by atoms with E-state index >= 15 is 0 Å². The van der Waals surface area contributed by atoms with Gasteiger partial charge in [-0.25, -0.2) is 13.8 Å². The molecule has 2 aromatic heterocycles. The number of aromatic nitrogens is 2. The minimum Gasteiger partial charge on any atom is -0.495 e. The van der Waals surface area contributed by atoms with Crippen LogP contribution in [0.15, 0.2) is 29.6 Å². The Hall–Kier alpha value is -1.30. The molecule has 0 aliphatic rings. The highest BCUT2D eigenvalue weighted by Crippen LogP contribution is 2.41. The van der Waals surface area contributed by atoms with Crippen molar-refractivity contribution in [2.75, 3.05) is 7.11 Å². The molecule has 18 heavy (non-hydrogen) atoms. The van der Waals surface area contributed by atoms with E-state index in [0.29, 0.717) is 10.6 Å². The topological polar surface area (TPSA) is 26.5 Å². The summed E-state index contributed by atoms with van der Waals surface area (Å²) in [4.78, 5) is 4.80. The number of methoxy groups -OCH3 is 1. The number of rotatable bonds is 4. The van der Waals surface area contributed by atoms with Gasteiger partial charge in [0.1, 0.15) is 11.4 Å². The Bertz CT molecular complexity index is 554. The van der Waals surface area contributed by atoms with Crippen LogP contribution < -0.4 is 4.74 Å². The molecule has 0 aliphatic carbocycles. The summed E-state index contributed by atoms with van der Waals surface area (Å²) < 4.78 is 31.7. The largest absolute Gasteiger partial charge is 0.495 e. The number of thioether (sulfide) groups is 1. The quantitative estimate of drug-likeness (QED) is 0.797. The monoisotopic (exact) mass is 272 g/mol. The van der Waals surface area contributed by atoms with Gasteiger partial charge in [-0.15, -0.1) is 11.8 Å². The molecule has 0 spiro atoms. The van der Waals surface area contributed by atoms with Crippen LogP contribution >= 0.6 is 11.8 Å². The van der Waals surface area contributed by atoms with E-state index in [9.17, 15) is 8.78 Å². The molecule has 3 nitrogen and oxygen atoms in total. The fourth-order valence-electron chi connectivity index (χ4n) is 1.49. The lowest BCUT2D eigenvalue weighted by Crippen LogP contribution is -2.25. The Labute approximate surface area is 108 Å². The van der Waals surface area contributed by atoms with Crippen LogP contribution in [0.5, 0.6) is 5.75 Å². The molecule has 0 atom stereocenters. The smallest absolute Gasteiger partial charge is 0.252 e. The molecule has 2 rings (SSSR count). The lowest BCUT2D eigenvalue weighted by atomic mass is 10.2. The molecule has 0 saturated carbocycles. The van der Waals surface area contributed by atoms with E-state index < -0.39 is 11.2 Å². The molecule has 98 valence electrons. The van der Waals surface area contributed by atoms with E-state index in [1.807, 2.05) is 0 Å². The Morgan fingerprint density at radius 1 is 1.44 bits per heavy atom. The van der Waals surface area contributed by atoms with Gasteiger partial charge < -0.3 is 9.14 Å². The fraction of sp³-hybridized carbons (Fsp3) is 0.417. The SMILES string of the molecule is COc1cc2nccn2cc1SC(C)(C)C(F)F. The summed E-state index contributed by atoms with van der Waals surface area (Å²) in [6.07, 6.45) is 2.77. The van der Waals surface area contributed by atoms with E-state index in [-0.39, 0.29) is 0 Å². The van der Waals surface area contributed by atoms with Gasteiger partial charge in [0.25, 0.3) is 6.43 Å². The molecule has 0 N–H and O–H groups in total. The number of halogens is 2. The molecule has 0 radical (unpaired) electrons. The summed E-state index contributed by atoms with van der Waals surface area (Å²) in [5.41, 5.74) is 0.728. The van der Waals surface area contributed by atoms with Gasteiger partial charge in [0, 0.05) is 24.7 Å². The van der Waals surface area contributed by atoms with Crippen molar-refractivity contribution in [2.24, 2.45) is 0 Å². The zero-order valence-corrected chi connectivity index (χ0v) is 11.2. The lowest BCUT2D eigenvalue weighted by Gasteiger charge is -2.23. The molecule has 0 unspecified atom stereocenters. The fourth-order valence-corrected chi connectivity index (χ4v) is 2.55. The van der Waals surface area contributed by atoms with Gasteiger partial charge >= 0.3 is 0 Å². The average Bonchev–Trinajstić information content (AvgIpc) is 2.74. The second kappa shape index (κ2) is 4.76. The lowest BCUT2D eigenvalue weighted by molar-refractivity contribution is 0.113. The third-order valence-electron chi connectivity index (χ3n) is 2.58. The van der Waals surface area contributed by atoms with Crippen molar-refractivity contribution in [3.05, 3.63) is 24.7 Å². The first kappa shape index (κ1) is 13.1. The van der Waals surface area contributed by atoms with Crippen molar-refractivity contribution >= 4 is 17.4 Å². The molecule has 0 aromatic carbocycles. The predicted molar refractivity (Wildman–Crippen MR) is 67.7 cm³/mol. The molecule has 0 aliphatic heterocycles. The van der Waals surface area contributed by atoms with Crippen LogP contribution in [0.1, 0.15) is 13.8 Å². The number of hydrogen-bond donors (Lipinski definition) is 0. The van der Waals surface area contributed by atoms with Gasteiger partial charge in [-0.3, -0.25) is 0 Å². The highest BCUT2D eigenvalue weighted by molar-refractivity contribution is 8.00. The van der Waals surface area contributed by atoms with Gasteiger partial charge in [0.05, 0.1) is 16.8 Å². The van der Waals surface area contributed by atoms with Gasteiger partial charge in [-0.05, 0) is 13.8 Å². The minimum atomic E-state index is -2.41. The number of nitrogens with zero attached hydrogens (tertiary/aromatic N) is 2. The van der Waals surface area contributed by atoms with Crippen LogP contribution in [-0.2, 0) is 0 Å². The molecular formula is C12H14F2N2OS. The van der Waals surface area contributed by atoms with Crippen molar-refractivity contribution in [1.82, 2.24) is 9.38 Å². The summed E-state index contributed by atoms with van der Waals surface area (Å²) in [5, 5.41) is 0. The molecule has 0 amide bonds. The zero-order valence-electron chi connectivity index (χ0n) is 10.4. The van der Waals surface area contributed by atoms with Crippen LogP contribution in [0.25, 0.3) is 5.65 Å². The Morgan fingerprint density at radius 3 is 2.78 bits per heavy atom. The second-order valence-corrected chi connectivity index (χ2v) is 6.10. The normalized spacial score (nSPS) is 12.3. The first-order valence-electron chi connectivity index (χ1n) is 5.42. The first-order chi connectivity index (χ1) is 8.44. The third-order valence-corrected chi connectivity index (χ3v) is 3.81. The minimum absolute atomic E-state index is 0.562. The maximum atomic E-state index is 12.9. The molecule has 2 heterocycles. The molecule has 0 saturated heterocycles. The van der Waals surface area contributed by atoms with Crippen LogP contribution in [0.3, 0.4) is 0 Å². The molecular weight excluding hydrogens is 258 g/mol. The van der Waals surface area contributed by atoms with Gasteiger partial charge in [0.15, 0.2) is 0 Å². The maximum Gasteiger partial charge on any atom is 0.252 e. The number of imidazole rings is 1. The first-order valence-corrected chi connectivity index (χ1v) is 6.23. The summed E-state index contributed by atoms with van der Waals surface area (Å²) in [7, 11) is 1.52. The summed E-state index contributed by atoms with van der Waals surface area (Å²) >= 11 is 1.10.